The van der Waals surface area contributed by atoms with Crippen LogP contribution in [0.1, 0.15) is 0 Å². The Hall–Kier alpha value is -3.48. The fourth-order valence-electron chi connectivity index (χ4n) is 2.00. The zero-order valence-corrected chi connectivity index (χ0v) is 12.3. The van der Waals surface area contributed by atoms with Gasteiger partial charge in [0.1, 0.15) is 23.4 Å². The summed E-state index contributed by atoms with van der Waals surface area (Å²) in [5.74, 6) is 0.709. The van der Waals surface area contributed by atoms with E-state index in [1.165, 1.54) is 30.5 Å². The van der Waals surface area contributed by atoms with Gasteiger partial charge in [0, 0.05) is 11.8 Å². The third-order valence-corrected chi connectivity index (χ3v) is 3.07. The van der Waals surface area contributed by atoms with Gasteiger partial charge in [-0.05, 0) is 54.6 Å². The van der Waals surface area contributed by atoms with Crippen LogP contribution in [0.3, 0.4) is 0 Å². The van der Waals surface area contributed by atoms with Crippen LogP contribution in [-0.2, 0) is 0 Å². The van der Waals surface area contributed by atoms with Crippen LogP contribution in [0, 0.1) is 5.82 Å². The molecule has 3 rings (SSSR count). The molecule has 1 heterocycles. The molecule has 120 valence electrons. The first kappa shape index (κ1) is 15.4. The van der Waals surface area contributed by atoms with E-state index in [4.69, 9.17) is 4.74 Å². The molecule has 2 aromatic carbocycles. The Kier molecular flexibility index (Phi) is 4.33. The summed E-state index contributed by atoms with van der Waals surface area (Å²) in [6, 6.07) is 14.3. The number of nitrogens with zero attached hydrogens (tertiary/aromatic N) is 2. The van der Waals surface area contributed by atoms with Crippen molar-refractivity contribution < 1.29 is 19.0 Å². The Morgan fingerprint density at radius 1 is 1.00 bits per heavy atom. The molecule has 0 saturated heterocycles. The molecule has 1 aromatic heterocycles. The number of aromatic nitrogens is 2. The highest BCUT2D eigenvalue weighted by Gasteiger charge is 2.04. The molecule has 3 aromatic rings. The fourth-order valence-corrected chi connectivity index (χ4v) is 2.00. The zero-order valence-electron chi connectivity index (χ0n) is 12.3. The van der Waals surface area contributed by atoms with Crippen LogP contribution >= 0.6 is 0 Å². The molecule has 1 amide bonds. The first-order valence-corrected chi connectivity index (χ1v) is 6.95. The molecule has 0 atom stereocenters. The van der Waals surface area contributed by atoms with Gasteiger partial charge in [0.15, 0.2) is 0 Å². The molecule has 0 aliphatic carbocycles. The number of anilines is 1. The van der Waals surface area contributed by atoms with Gasteiger partial charge in [-0.3, -0.25) is 0 Å². The Balaban J connectivity index is 1.76. The number of amides is 1. The van der Waals surface area contributed by atoms with Crippen molar-refractivity contribution in [3.63, 3.8) is 0 Å². The Labute approximate surface area is 136 Å². The van der Waals surface area contributed by atoms with E-state index in [0.29, 0.717) is 17.2 Å². The van der Waals surface area contributed by atoms with E-state index >= 15 is 0 Å². The molecule has 0 bridgehead atoms. The smallest absolute Gasteiger partial charge is 0.228 e. The Morgan fingerprint density at radius 2 is 1.62 bits per heavy atom. The molecule has 6 nitrogen and oxygen atoms in total. The number of nitrogens with one attached hydrogen (secondary N) is 1. The first-order chi connectivity index (χ1) is 11.6. The van der Waals surface area contributed by atoms with Gasteiger partial charge >= 0.3 is 0 Å². The maximum atomic E-state index is 12.9. The number of benzene rings is 2. The summed E-state index contributed by atoms with van der Waals surface area (Å²) in [6.07, 6.45) is -0.0357. The molecule has 0 radical (unpaired) electrons. The summed E-state index contributed by atoms with van der Waals surface area (Å²) in [6.45, 7) is 0. The van der Waals surface area contributed by atoms with Crippen LogP contribution in [0.15, 0.2) is 60.8 Å². The molecule has 0 fully saturated rings. The van der Waals surface area contributed by atoms with Gasteiger partial charge in [-0.2, -0.15) is 0 Å². The molecule has 1 N–H and O–H groups in total. The second-order valence-electron chi connectivity index (χ2n) is 4.76. The fraction of sp³-hybridized carbons (Fsp3) is 0. The summed E-state index contributed by atoms with van der Waals surface area (Å²) in [4.78, 5) is 18.4. The van der Waals surface area contributed by atoms with Crippen LogP contribution in [-0.4, -0.2) is 16.1 Å². The third kappa shape index (κ3) is 3.83. The number of carboxylic acid groups (broad SMARTS) is 1. The number of carbonyl (C=O) groups is 1. The lowest BCUT2D eigenvalue weighted by Gasteiger charge is -2.08. The van der Waals surface area contributed by atoms with Crippen LogP contribution in [0.25, 0.3) is 11.3 Å². The molecule has 7 heteroatoms. The quantitative estimate of drug-likeness (QED) is 0.797. The third-order valence-electron chi connectivity index (χ3n) is 3.07. The van der Waals surface area contributed by atoms with E-state index in [0.717, 1.165) is 5.56 Å². The van der Waals surface area contributed by atoms with Crippen LogP contribution in [0.2, 0.25) is 0 Å². The van der Waals surface area contributed by atoms with Crippen molar-refractivity contribution in [2.75, 3.05) is 5.32 Å². The van der Waals surface area contributed by atoms with Gasteiger partial charge in [0.25, 0.3) is 0 Å². The molecule has 0 aliphatic rings. The minimum absolute atomic E-state index is 0.0564. The number of rotatable bonds is 4. The van der Waals surface area contributed by atoms with Gasteiger partial charge < -0.3 is 20.0 Å². The average Bonchev–Trinajstić information content (AvgIpc) is 2.57. The maximum absolute atomic E-state index is 12.9. The van der Waals surface area contributed by atoms with Crippen molar-refractivity contribution in [1.29, 1.82) is 0 Å². The monoisotopic (exact) mass is 324 g/mol. The van der Waals surface area contributed by atoms with Crippen molar-refractivity contribution >= 4 is 12.0 Å². The lowest BCUT2D eigenvalue weighted by Crippen LogP contribution is -2.29. The number of hydrogen-bond donors (Lipinski definition) is 1. The summed E-state index contributed by atoms with van der Waals surface area (Å²) in [7, 11) is 0. The molecule has 24 heavy (non-hydrogen) atoms. The summed E-state index contributed by atoms with van der Waals surface area (Å²) >= 11 is 0. The predicted molar refractivity (Wildman–Crippen MR) is 83.0 cm³/mol. The average molecular weight is 324 g/mol. The second kappa shape index (κ2) is 6.74. The normalized spacial score (nSPS) is 10.2. The molecule has 0 aliphatic heterocycles. The van der Waals surface area contributed by atoms with E-state index in [1.807, 2.05) is 5.32 Å². The van der Waals surface area contributed by atoms with Crippen molar-refractivity contribution in [3.05, 3.63) is 66.6 Å². The Morgan fingerprint density at radius 3 is 2.25 bits per heavy atom. The predicted octanol–water partition coefficient (Wildman–Crippen LogP) is 2.83. The number of hydrogen-bond acceptors (Lipinski definition) is 5. The number of halogens is 1. The van der Waals surface area contributed by atoms with Crippen LogP contribution in [0.5, 0.6) is 11.5 Å². The largest absolute Gasteiger partial charge is 0.530 e. The van der Waals surface area contributed by atoms with E-state index < -0.39 is 6.09 Å². The second-order valence-corrected chi connectivity index (χ2v) is 4.76. The highest BCUT2D eigenvalue weighted by molar-refractivity contribution is 5.78. The molecule has 0 unspecified atom stereocenters. The van der Waals surface area contributed by atoms with Crippen molar-refractivity contribution in [2.24, 2.45) is 0 Å². The van der Waals surface area contributed by atoms with Crippen molar-refractivity contribution in [3.8, 4) is 22.8 Å². The van der Waals surface area contributed by atoms with Crippen molar-refractivity contribution in [1.82, 2.24) is 9.97 Å². The van der Waals surface area contributed by atoms with Gasteiger partial charge in [-0.1, -0.05) is 0 Å². The van der Waals surface area contributed by atoms with Gasteiger partial charge in [0.2, 0.25) is 5.95 Å². The van der Waals surface area contributed by atoms with Crippen molar-refractivity contribution in [2.45, 2.75) is 0 Å². The van der Waals surface area contributed by atoms with Gasteiger partial charge in [-0.25, -0.2) is 14.4 Å². The highest BCUT2D eigenvalue weighted by Crippen LogP contribution is 2.25. The lowest BCUT2D eigenvalue weighted by atomic mass is 10.1. The minimum atomic E-state index is -1.48. The van der Waals surface area contributed by atoms with E-state index in [1.54, 1.807) is 30.3 Å². The standard InChI is InChI=1S/C17H12FN3O3/c18-12-3-7-14(8-4-12)24-13-5-1-11(2-6-13)15-9-10-19-16(20-15)21-17(22)23/h1-10H,(H,22,23)(H,19,20,21)/p-1. The van der Waals surface area contributed by atoms with E-state index in [2.05, 4.69) is 9.97 Å². The molecular weight excluding hydrogens is 313 g/mol. The van der Waals surface area contributed by atoms with Gasteiger partial charge in [0.05, 0.1) is 5.69 Å². The molecule has 0 spiro atoms. The minimum Gasteiger partial charge on any atom is -0.530 e. The van der Waals surface area contributed by atoms with Crippen LogP contribution in [0.4, 0.5) is 15.1 Å². The maximum Gasteiger partial charge on any atom is 0.228 e. The summed E-state index contributed by atoms with van der Waals surface area (Å²) in [5.41, 5.74) is 1.30. The highest BCUT2D eigenvalue weighted by atomic mass is 19.1. The molecule has 0 saturated carbocycles. The lowest BCUT2D eigenvalue weighted by molar-refractivity contribution is -0.242. The topological polar surface area (TPSA) is 87.2 Å². The summed E-state index contributed by atoms with van der Waals surface area (Å²) < 4.78 is 18.5. The SMILES string of the molecule is O=C([O-])Nc1nccc(-c2ccc(Oc3ccc(F)cc3)cc2)n1. The Bertz CT molecular complexity index is 852. The molecular formula is C17H11FN3O3-. The first-order valence-electron chi connectivity index (χ1n) is 6.95. The number of ether oxygens (including phenoxy) is 1. The van der Waals surface area contributed by atoms with E-state index in [9.17, 15) is 14.3 Å². The van der Waals surface area contributed by atoms with Gasteiger partial charge in [-0.15, -0.1) is 0 Å². The van der Waals surface area contributed by atoms with Crippen LogP contribution < -0.4 is 15.2 Å². The summed E-state index contributed by atoms with van der Waals surface area (Å²) in [5, 5.41) is 12.5. The zero-order chi connectivity index (χ0) is 16.9. The van der Waals surface area contributed by atoms with E-state index in [-0.39, 0.29) is 11.8 Å². The number of carbonyl (C=O) groups excluding carboxylic acids is 1.